The molecule has 0 saturated heterocycles. The van der Waals surface area contributed by atoms with Gasteiger partial charge >= 0.3 is 12.3 Å². The Morgan fingerprint density at radius 1 is 1.09 bits per heavy atom. The van der Waals surface area contributed by atoms with Gasteiger partial charge in [-0.1, -0.05) is 18.2 Å². The molecule has 1 aromatic carbocycles. The van der Waals surface area contributed by atoms with Gasteiger partial charge in [0.25, 0.3) is 5.91 Å². The molecule has 2 heterocycles. The molecule has 0 saturated carbocycles. The van der Waals surface area contributed by atoms with E-state index >= 15 is 0 Å². The quantitative estimate of drug-likeness (QED) is 0.448. The number of anilines is 1. The summed E-state index contributed by atoms with van der Waals surface area (Å²) < 4.78 is 45.5. The Hall–Kier alpha value is -3.40. The van der Waals surface area contributed by atoms with E-state index in [0.29, 0.717) is 34.8 Å². The van der Waals surface area contributed by atoms with Crippen molar-refractivity contribution in [3.05, 3.63) is 64.5 Å². The molecule has 0 fully saturated rings. The summed E-state index contributed by atoms with van der Waals surface area (Å²) in [5.74, 6) is -0.587. The molecule has 1 N–H and O–H groups in total. The monoisotopic (exact) mass is 464 g/mol. The lowest BCUT2D eigenvalue weighted by molar-refractivity contribution is -0.274. The maximum Gasteiger partial charge on any atom is 0.573 e. The van der Waals surface area contributed by atoms with Gasteiger partial charge in [0.05, 0.1) is 11.5 Å². The second-order valence-corrected chi connectivity index (χ2v) is 7.49. The first-order chi connectivity index (χ1) is 15.2. The van der Waals surface area contributed by atoms with Crippen LogP contribution in [0.2, 0.25) is 0 Å². The van der Waals surface area contributed by atoms with E-state index in [0.717, 1.165) is 5.56 Å². The lowest BCUT2D eigenvalue weighted by atomic mass is 10.1. The molecule has 0 atom stereocenters. The molecule has 3 rings (SSSR count). The number of nitrogens with zero attached hydrogens (tertiary/aromatic N) is 1. The van der Waals surface area contributed by atoms with E-state index in [4.69, 9.17) is 4.74 Å². The van der Waals surface area contributed by atoms with Crippen molar-refractivity contribution in [1.29, 1.82) is 0 Å². The predicted octanol–water partition coefficient (Wildman–Crippen LogP) is 5.46. The van der Waals surface area contributed by atoms with Gasteiger partial charge in [0.2, 0.25) is 0 Å². The fraction of sp³-hybridized carbons (Fsp3) is 0.227. The summed E-state index contributed by atoms with van der Waals surface area (Å²) in [7, 11) is 0. The molecule has 0 bridgehead atoms. The Balaban J connectivity index is 1.58. The van der Waals surface area contributed by atoms with Crippen LogP contribution in [0.5, 0.6) is 5.75 Å². The van der Waals surface area contributed by atoms with Crippen molar-refractivity contribution < 1.29 is 32.2 Å². The highest BCUT2D eigenvalue weighted by atomic mass is 32.1. The van der Waals surface area contributed by atoms with Crippen LogP contribution in [0.3, 0.4) is 0 Å². The van der Waals surface area contributed by atoms with Crippen LogP contribution in [0.4, 0.5) is 19.0 Å². The number of hydrogen-bond acceptors (Lipinski definition) is 6. The Bertz CT molecular complexity index is 1060. The van der Waals surface area contributed by atoms with Gasteiger partial charge in [-0.05, 0) is 59.7 Å². The average Bonchev–Trinajstić information content (AvgIpc) is 3.23. The molecule has 168 valence electrons. The molecular weight excluding hydrogens is 445 g/mol. The third kappa shape index (κ3) is 6.81. The summed E-state index contributed by atoms with van der Waals surface area (Å²) in [6.07, 6.45) is -2.43. The SMILES string of the molecule is CCOC(=O)CCc1ccc(NC(=O)c2cc(-c3ccc(OC(F)(F)F)cc3)cs2)nc1. The van der Waals surface area contributed by atoms with Crippen molar-refractivity contribution in [3.63, 3.8) is 0 Å². The first-order valence-corrected chi connectivity index (χ1v) is 10.5. The van der Waals surface area contributed by atoms with Gasteiger partial charge in [-0.25, -0.2) is 4.98 Å². The molecule has 0 aliphatic carbocycles. The summed E-state index contributed by atoms with van der Waals surface area (Å²) in [5, 5.41) is 4.43. The smallest absolute Gasteiger partial charge is 0.466 e. The van der Waals surface area contributed by atoms with Crippen molar-refractivity contribution in [2.45, 2.75) is 26.1 Å². The molecule has 3 aromatic rings. The van der Waals surface area contributed by atoms with E-state index in [1.807, 2.05) is 0 Å². The van der Waals surface area contributed by atoms with Gasteiger partial charge in [-0.2, -0.15) is 0 Å². The van der Waals surface area contributed by atoms with Gasteiger partial charge in [-0.15, -0.1) is 24.5 Å². The average molecular weight is 464 g/mol. The fourth-order valence-electron chi connectivity index (χ4n) is 2.76. The van der Waals surface area contributed by atoms with Gasteiger partial charge in [0, 0.05) is 12.6 Å². The summed E-state index contributed by atoms with van der Waals surface area (Å²) in [6.45, 7) is 2.08. The Morgan fingerprint density at radius 3 is 2.47 bits per heavy atom. The van der Waals surface area contributed by atoms with Crippen molar-refractivity contribution in [3.8, 4) is 16.9 Å². The minimum absolute atomic E-state index is 0.252. The molecule has 0 unspecified atom stereocenters. The summed E-state index contributed by atoms with van der Waals surface area (Å²) in [4.78, 5) is 28.5. The lowest BCUT2D eigenvalue weighted by Gasteiger charge is -2.08. The van der Waals surface area contributed by atoms with E-state index in [-0.39, 0.29) is 24.0 Å². The van der Waals surface area contributed by atoms with E-state index in [2.05, 4.69) is 15.0 Å². The van der Waals surface area contributed by atoms with Gasteiger partial charge in [-0.3, -0.25) is 9.59 Å². The zero-order valence-corrected chi connectivity index (χ0v) is 17.8. The molecule has 6 nitrogen and oxygen atoms in total. The van der Waals surface area contributed by atoms with Crippen molar-refractivity contribution >= 4 is 29.0 Å². The van der Waals surface area contributed by atoms with Crippen LogP contribution in [0, 0.1) is 0 Å². The molecule has 0 spiro atoms. The van der Waals surface area contributed by atoms with Crippen molar-refractivity contribution in [2.24, 2.45) is 0 Å². The number of hydrogen-bond donors (Lipinski definition) is 1. The number of amides is 1. The first kappa shape index (κ1) is 23.3. The second-order valence-electron chi connectivity index (χ2n) is 6.58. The van der Waals surface area contributed by atoms with Gasteiger partial charge in [0.15, 0.2) is 0 Å². The molecule has 0 radical (unpaired) electrons. The number of pyridine rings is 1. The van der Waals surface area contributed by atoms with Crippen LogP contribution < -0.4 is 10.1 Å². The highest BCUT2D eigenvalue weighted by molar-refractivity contribution is 7.12. The van der Waals surface area contributed by atoms with E-state index in [1.165, 1.54) is 35.6 Å². The number of halogens is 3. The number of carbonyl (C=O) groups excluding carboxylic acids is 2. The summed E-state index contributed by atoms with van der Waals surface area (Å²) >= 11 is 1.20. The third-order valence-electron chi connectivity index (χ3n) is 4.23. The minimum atomic E-state index is -4.75. The van der Waals surface area contributed by atoms with E-state index in [1.54, 1.807) is 36.7 Å². The maximum absolute atomic E-state index is 12.5. The van der Waals surface area contributed by atoms with Crippen LogP contribution in [0.25, 0.3) is 11.1 Å². The Labute approximate surface area is 186 Å². The number of esters is 1. The predicted molar refractivity (Wildman–Crippen MR) is 114 cm³/mol. The molecule has 0 aliphatic rings. The maximum atomic E-state index is 12.5. The number of aryl methyl sites for hydroxylation is 1. The number of benzene rings is 1. The van der Waals surface area contributed by atoms with Gasteiger partial charge < -0.3 is 14.8 Å². The number of ether oxygens (including phenoxy) is 2. The number of aromatic nitrogens is 1. The standard InChI is InChI=1S/C22H19F3N2O4S/c1-2-30-20(28)10-4-14-3-9-19(26-12-14)27-21(29)18-11-16(13-32-18)15-5-7-17(8-6-15)31-22(23,24)25/h3,5-9,11-13H,2,4,10H2,1H3,(H,26,27,29). The minimum Gasteiger partial charge on any atom is -0.466 e. The highest BCUT2D eigenvalue weighted by Gasteiger charge is 2.31. The van der Waals surface area contributed by atoms with Gasteiger partial charge in [0.1, 0.15) is 11.6 Å². The van der Waals surface area contributed by atoms with Crippen LogP contribution >= 0.6 is 11.3 Å². The molecule has 10 heteroatoms. The second kappa shape index (κ2) is 10.3. The topological polar surface area (TPSA) is 77.5 Å². The Morgan fingerprint density at radius 2 is 1.84 bits per heavy atom. The molecule has 1 amide bonds. The lowest BCUT2D eigenvalue weighted by Crippen LogP contribution is -2.16. The van der Waals surface area contributed by atoms with Crippen LogP contribution in [-0.2, 0) is 16.0 Å². The molecular formula is C22H19F3N2O4S. The molecule has 32 heavy (non-hydrogen) atoms. The third-order valence-corrected chi connectivity index (χ3v) is 5.16. The normalized spacial score (nSPS) is 11.1. The van der Waals surface area contributed by atoms with E-state index < -0.39 is 6.36 Å². The van der Waals surface area contributed by atoms with Crippen molar-refractivity contribution in [1.82, 2.24) is 4.98 Å². The summed E-state index contributed by atoms with van der Waals surface area (Å²) in [6, 6.07) is 10.5. The number of thiophene rings is 1. The van der Waals surface area contributed by atoms with E-state index in [9.17, 15) is 22.8 Å². The van der Waals surface area contributed by atoms with Crippen LogP contribution in [0.15, 0.2) is 54.0 Å². The number of nitrogens with one attached hydrogen (secondary N) is 1. The Kier molecular flexibility index (Phi) is 7.47. The molecule has 2 aromatic heterocycles. The zero-order valence-electron chi connectivity index (χ0n) is 16.9. The largest absolute Gasteiger partial charge is 0.573 e. The zero-order chi connectivity index (χ0) is 23.1. The van der Waals surface area contributed by atoms with Crippen LogP contribution in [-0.4, -0.2) is 29.8 Å². The number of rotatable bonds is 8. The fourth-order valence-corrected chi connectivity index (χ4v) is 3.57. The van der Waals surface area contributed by atoms with Crippen molar-refractivity contribution in [2.75, 3.05) is 11.9 Å². The first-order valence-electron chi connectivity index (χ1n) is 9.60. The molecule has 0 aliphatic heterocycles. The number of alkyl halides is 3. The number of carbonyl (C=O) groups is 2. The van der Waals surface area contributed by atoms with Crippen LogP contribution in [0.1, 0.15) is 28.6 Å². The summed E-state index contributed by atoms with van der Waals surface area (Å²) in [5.41, 5.74) is 2.19. The highest BCUT2D eigenvalue weighted by Crippen LogP contribution is 2.29.